The van der Waals surface area contributed by atoms with Crippen LogP contribution in [0.1, 0.15) is 58.2 Å². The molecule has 9 nitrogen and oxygen atoms in total. The molecule has 0 radical (unpaired) electrons. The topological polar surface area (TPSA) is 143 Å². The van der Waals surface area contributed by atoms with Crippen molar-refractivity contribution in [1.29, 1.82) is 0 Å². The molecule has 2 unspecified atom stereocenters. The molecule has 2 aliphatic heterocycles. The highest BCUT2D eigenvalue weighted by Gasteiger charge is 2.59. The fourth-order valence-electron chi connectivity index (χ4n) is 4.32. The van der Waals surface area contributed by atoms with Crippen molar-refractivity contribution in [2.24, 2.45) is 0 Å². The number of aliphatic hydroxyl groups excluding tert-OH is 1. The highest BCUT2D eigenvalue weighted by Crippen LogP contribution is 2.60. The van der Waals surface area contributed by atoms with Gasteiger partial charge in [-0.1, -0.05) is 0 Å². The quantitative estimate of drug-likeness (QED) is 0.437. The lowest BCUT2D eigenvalue weighted by Crippen LogP contribution is -2.55. The number of hydrogen-bond acceptors (Lipinski definition) is 9. The van der Waals surface area contributed by atoms with Crippen molar-refractivity contribution in [3.05, 3.63) is 39.9 Å². The van der Waals surface area contributed by atoms with Crippen LogP contribution in [0.2, 0.25) is 0 Å². The Kier molecular flexibility index (Phi) is 4.06. The van der Waals surface area contributed by atoms with Crippen LogP contribution in [0.4, 0.5) is 0 Å². The fraction of sp³-hybridized carbons (Fsp3) is 0.333. The Morgan fingerprint density at radius 3 is 2.33 bits per heavy atom. The zero-order valence-corrected chi connectivity index (χ0v) is 16.7. The molecule has 158 valence electrons. The number of aromatic hydroxyl groups is 3. The number of ketones is 2. The third kappa shape index (κ3) is 2.30. The van der Waals surface area contributed by atoms with Gasteiger partial charge >= 0.3 is 0 Å². The number of Topliss-reactive ketones (excluding diaryl/α,β-unsaturated/α-hetero) is 2. The minimum absolute atomic E-state index is 0.0110. The van der Waals surface area contributed by atoms with E-state index in [-0.39, 0.29) is 39.3 Å². The molecule has 0 saturated heterocycles. The second-order valence-electron chi connectivity index (χ2n) is 7.56. The lowest BCUT2D eigenvalue weighted by Gasteiger charge is -2.50. The van der Waals surface area contributed by atoms with Gasteiger partial charge in [-0.25, -0.2) is 0 Å². The Balaban J connectivity index is 2.11. The van der Waals surface area contributed by atoms with Crippen LogP contribution in [0, 0.1) is 0 Å². The van der Waals surface area contributed by atoms with Crippen LogP contribution >= 0.6 is 0 Å². The van der Waals surface area contributed by atoms with Crippen LogP contribution in [-0.2, 0) is 22.7 Å². The number of aliphatic hydroxyl groups is 1. The van der Waals surface area contributed by atoms with Crippen molar-refractivity contribution in [3.63, 3.8) is 0 Å². The monoisotopic (exact) mass is 416 g/mol. The van der Waals surface area contributed by atoms with Gasteiger partial charge in [-0.05, 0) is 31.5 Å². The van der Waals surface area contributed by atoms with Gasteiger partial charge in [-0.3, -0.25) is 9.59 Å². The molecule has 0 fully saturated rings. The zero-order chi connectivity index (χ0) is 22.2. The maximum Gasteiger partial charge on any atom is 0.240 e. The normalized spacial score (nSPS) is 24.0. The summed E-state index contributed by atoms with van der Waals surface area (Å²) < 4.78 is 16.9. The lowest BCUT2D eigenvalue weighted by atomic mass is 9.76. The summed E-state index contributed by atoms with van der Waals surface area (Å²) in [6, 6.07) is 2.55. The maximum absolute atomic E-state index is 13.5. The second kappa shape index (κ2) is 6.10. The van der Waals surface area contributed by atoms with Gasteiger partial charge in [0.2, 0.25) is 11.5 Å². The van der Waals surface area contributed by atoms with Gasteiger partial charge in [0.25, 0.3) is 0 Å². The molecule has 2 bridgehead atoms. The fourth-order valence-corrected chi connectivity index (χ4v) is 4.32. The highest BCUT2D eigenvalue weighted by molar-refractivity contribution is 6.08. The van der Waals surface area contributed by atoms with Gasteiger partial charge in [0.15, 0.2) is 40.2 Å². The predicted molar refractivity (Wildman–Crippen MR) is 101 cm³/mol. The Hall–Kier alpha value is -3.30. The SMILES string of the molecule is COc1cc2c(c(O)c1O)C1(C)Oc3c(O)c(C(C)=O)cc(CO)c3C(C)(O1)C2=O. The summed E-state index contributed by atoms with van der Waals surface area (Å²) in [7, 11) is 1.27. The molecule has 0 aromatic heterocycles. The first-order valence-corrected chi connectivity index (χ1v) is 9.08. The number of benzene rings is 2. The Labute approximate surface area is 171 Å². The minimum atomic E-state index is -1.81. The summed E-state index contributed by atoms with van der Waals surface area (Å²) in [6.45, 7) is 3.54. The van der Waals surface area contributed by atoms with E-state index in [4.69, 9.17) is 14.2 Å². The van der Waals surface area contributed by atoms with Crippen LogP contribution in [0.25, 0.3) is 0 Å². The van der Waals surface area contributed by atoms with Crippen LogP contribution in [-0.4, -0.2) is 39.1 Å². The Bertz CT molecular complexity index is 1140. The van der Waals surface area contributed by atoms with E-state index in [1.807, 2.05) is 0 Å². The molecule has 0 spiro atoms. The van der Waals surface area contributed by atoms with Crippen LogP contribution in [0.3, 0.4) is 0 Å². The summed E-state index contributed by atoms with van der Waals surface area (Å²) >= 11 is 0. The number of fused-ring (bicyclic) bond motifs is 6. The predicted octanol–water partition coefficient (Wildman–Crippen LogP) is 2.20. The molecule has 0 amide bonds. The third-order valence-electron chi connectivity index (χ3n) is 5.65. The summed E-state index contributed by atoms with van der Waals surface area (Å²) in [6.07, 6.45) is 0. The average Bonchev–Trinajstić information content (AvgIpc) is 2.68. The van der Waals surface area contributed by atoms with Gasteiger partial charge in [0.05, 0.1) is 24.8 Å². The van der Waals surface area contributed by atoms with Gasteiger partial charge in [0, 0.05) is 18.1 Å². The largest absolute Gasteiger partial charge is 0.504 e. The average molecular weight is 416 g/mol. The molecule has 2 aliphatic rings. The van der Waals surface area contributed by atoms with Crippen molar-refractivity contribution in [3.8, 4) is 28.7 Å². The van der Waals surface area contributed by atoms with Crippen molar-refractivity contribution in [2.45, 2.75) is 38.8 Å². The molecule has 4 N–H and O–H groups in total. The first kappa shape index (κ1) is 20.0. The van der Waals surface area contributed by atoms with E-state index in [2.05, 4.69) is 0 Å². The number of hydrogen-bond donors (Lipinski definition) is 4. The smallest absolute Gasteiger partial charge is 0.240 e. The molecule has 9 heteroatoms. The molecular weight excluding hydrogens is 396 g/mol. The summed E-state index contributed by atoms with van der Waals surface area (Å²) in [4.78, 5) is 25.5. The molecule has 2 heterocycles. The number of phenolic OH excluding ortho intramolecular Hbond substituents is 3. The third-order valence-corrected chi connectivity index (χ3v) is 5.65. The molecule has 30 heavy (non-hydrogen) atoms. The number of ether oxygens (including phenoxy) is 3. The number of phenols is 3. The summed E-state index contributed by atoms with van der Waals surface area (Å²) in [5, 5.41) is 41.5. The molecule has 4 rings (SSSR count). The molecule has 2 atom stereocenters. The Morgan fingerprint density at radius 1 is 1.10 bits per heavy atom. The van der Waals surface area contributed by atoms with E-state index >= 15 is 0 Å². The van der Waals surface area contributed by atoms with Crippen LogP contribution in [0.5, 0.6) is 28.7 Å². The summed E-state index contributed by atoms with van der Waals surface area (Å²) in [5.41, 5.74) is -1.74. The number of rotatable bonds is 3. The maximum atomic E-state index is 13.5. The van der Waals surface area contributed by atoms with E-state index in [9.17, 15) is 30.0 Å². The van der Waals surface area contributed by atoms with Crippen molar-refractivity contribution in [1.82, 2.24) is 0 Å². The summed E-state index contributed by atoms with van der Waals surface area (Å²) in [5.74, 6) is -5.02. The molecule has 2 aromatic carbocycles. The van der Waals surface area contributed by atoms with E-state index < -0.39 is 46.8 Å². The van der Waals surface area contributed by atoms with E-state index in [0.29, 0.717) is 0 Å². The standard InChI is InChI=1S/C21H20O9/c1-8(23)10-5-9(7-22)13-18(15(10)24)29-21(3)14-11(19(27)20(13,2)30-21)6-12(28-4)16(25)17(14)26/h5-6,22,24-26H,7H2,1-4H3. The van der Waals surface area contributed by atoms with Gasteiger partial charge in [-0.2, -0.15) is 0 Å². The van der Waals surface area contributed by atoms with E-state index in [1.54, 1.807) is 0 Å². The van der Waals surface area contributed by atoms with Crippen molar-refractivity contribution < 1.29 is 44.2 Å². The number of carbonyl (C=O) groups excluding carboxylic acids is 2. The van der Waals surface area contributed by atoms with Crippen LogP contribution in [0.15, 0.2) is 12.1 Å². The number of carbonyl (C=O) groups is 2. The number of methoxy groups -OCH3 is 1. The first-order valence-electron chi connectivity index (χ1n) is 9.08. The van der Waals surface area contributed by atoms with Crippen molar-refractivity contribution >= 4 is 11.6 Å². The van der Waals surface area contributed by atoms with Crippen LogP contribution < -0.4 is 9.47 Å². The van der Waals surface area contributed by atoms with Crippen molar-refractivity contribution in [2.75, 3.05) is 7.11 Å². The molecule has 0 aliphatic carbocycles. The van der Waals surface area contributed by atoms with Gasteiger partial charge < -0.3 is 34.6 Å². The minimum Gasteiger partial charge on any atom is -0.504 e. The first-order chi connectivity index (χ1) is 14.0. The van der Waals surface area contributed by atoms with E-state index in [0.717, 1.165) is 0 Å². The highest BCUT2D eigenvalue weighted by atomic mass is 16.7. The van der Waals surface area contributed by atoms with Gasteiger partial charge in [-0.15, -0.1) is 0 Å². The second-order valence-corrected chi connectivity index (χ2v) is 7.56. The molecule has 2 aromatic rings. The lowest BCUT2D eigenvalue weighted by molar-refractivity contribution is -0.255. The zero-order valence-electron chi connectivity index (χ0n) is 16.7. The molecular formula is C21H20O9. The van der Waals surface area contributed by atoms with E-state index in [1.165, 1.54) is 40.0 Å². The Morgan fingerprint density at radius 2 is 1.77 bits per heavy atom. The molecule has 0 saturated carbocycles. The van der Waals surface area contributed by atoms with Gasteiger partial charge in [0.1, 0.15) is 0 Å².